The molecule has 0 aromatic heterocycles. The van der Waals surface area contributed by atoms with E-state index >= 15 is 0 Å². The number of carboxylic acids is 2. The molecule has 152 valence electrons. The number of aromatic carboxylic acids is 2. The molecule has 0 aliphatic rings. The lowest BCUT2D eigenvalue weighted by Gasteiger charge is -2.11. The molecular weight excluding hydrogens is 377 g/mol. The zero-order chi connectivity index (χ0) is 21.5. The van der Waals surface area contributed by atoms with E-state index in [2.05, 4.69) is 5.32 Å². The second-order valence-corrected chi connectivity index (χ2v) is 6.04. The summed E-state index contributed by atoms with van der Waals surface area (Å²) in [5.41, 5.74) is 7.71. The lowest BCUT2D eigenvalue weighted by molar-refractivity contribution is -0.131. The zero-order valence-corrected chi connectivity index (χ0v) is 15.3. The van der Waals surface area contributed by atoms with Crippen LogP contribution in [0.15, 0.2) is 36.4 Å². The Bertz CT molecular complexity index is 852. The number of aryl methyl sites for hydroxylation is 2. The number of nitrogens with one attached hydrogen (secondary N) is 1. The standard InChI is InChI=1S/C11H12F3NO2.C8H9NO2/c1-7-2-3-9(8(6-7)10(16)17)15-5-4-11(12,13)14;1-5-2-3-7(9)6(4-5)8(10)11/h2-3,6,15H,4-5H2,1H3,(H,16,17);2-4H,9H2,1H3,(H,10,11). The van der Waals surface area contributed by atoms with Crippen molar-refractivity contribution in [2.45, 2.75) is 26.4 Å². The molecule has 0 fully saturated rings. The van der Waals surface area contributed by atoms with Crippen LogP contribution in [0.3, 0.4) is 0 Å². The van der Waals surface area contributed by atoms with Crippen molar-refractivity contribution in [2.24, 2.45) is 0 Å². The van der Waals surface area contributed by atoms with Gasteiger partial charge in [0.2, 0.25) is 0 Å². The third-order valence-corrected chi connectivity index (χ3v) is 3.57. The van der Waals surface area contributed by atoms with Gasteiger partial charge in [-0.2, -0.15) is 13.2 Å². The van der Waals surface area contributed by atoms with Crippen molar-refractivity contribution in [3.8, 4) is 0 Å². The van der Waals surface area contributed by atoms with Gasteiger partial charge in [-0.3, -0.25) is 0 Å². The minimum Gasteiger partial charge on any atom is -0.478 e. The highest BCUT2D eigenvalue weighted by Crippen LogP contribution is 2.21. The fraction of sp³-hybridized carbons (Fsp3) is 0.263. The number of benzene rings is 2. The van der Waals surface area contributed by atoms with Gasteiger partial charge in [0.05, 0.1) is 17.5 Å². The van der Waals surface area contributed by atoms with Gasteiger partial charge in [-0.05, 0) is 38.1 Å². The summed E-state index contributed by atoms with van der Waals surface area (Å²) >= 11 is 0. The van der Waals surface area contributed by atoms with Crippen LogP contribution >= 0.6 is 0 Å². The number of carboxylic acid groups (broad SMARTS) is 2. The van der Waals surface area contributed by atoms with Gasteiger partial charge >= 0.3 is 18.1 Å². The van der Waals surface area contributed by atoms with Crippen molar-refractivity contribution >= 4 is 23.3 Å². The average molecular weight is 398 g/mol. The van der Waals surface area contributed by atoms with E-state index in [1.54, 1.807) is 31.2 Å². The van der Waals surface area contributed by atoms with Gasteiger partial charge in [0.15, 0.2) is 0 Å². The topological polar surface area (TPSA) is 113 Å². The molecule has 2 aromatic rings. The number of alkyl halides is 3. The van der Waals surface area contributed by atoms with Crippen molar-refractivity contribution < 1.29 is 33.0 Å². The summed E-state index contributed by atoms with van der Waals surface area (Å²) in [6.07, 6.45) is -5.25. The van der Waals surface area contributed by atoms with E-state index in [4.69, 9.17) is 15.9 Å². The van der Waals surface area contributed by atoms with Gasteiger partial charge in [-0.1, -0.05) is 23.3 Å². The molecule has 0 aliphatic heterocycles. The largest absolute Gasteiger partial charge is 0.478 e. The third-order valence-electron chi connectivity index (χ3n) is 3.57. The Balaban J connectivity index is 0.000000307. The minimum atomic E-state index is -4.25. The smallest absolute Gasteiger partial charge is 0.390 e. The molecule has 5 N–H and O–H groups in total. The maximum absolute atomic E-state index is 11.9. The van der Waals surface area contributed by atoms with Crippen molar-refractivity contribution in [3.63, 3.8) is 0 Å². The first-order valence-electron chi connectivity index (χ1n) is 8.14. The molecule has 0 aliphatic carbocycles. The van der Waals surface area contributed by atoms with Gasteiger partial charge in [-0.25, -0.2) is 9.59 Å². The number of nitrogens with two attached hydrogens (primary N) is 1. The predicted octanol–water partition coefficient (Wildman–Crippen LogP) is 4.33. The molecule has 0 radical (unpaired) electrons. The highest BCUT2D eigenvalue weighted by atomic mass is 19.4. The molecule has 0 bridgehead atoms. The molecule has 9 heteroatoms. The van der Waals surface area contributed by atoms with Crippen LogP contribution in [0.5, 0.6) is 0 Å². The van der Waals surface area contributed by atoms with Gasteiger partial charge < -0.3 is 21.3 Å². The van der Waals surface area contributed by atoms with Crippen molar-refractivity contribution in [3.05, 3.63) is 58.7 Å². The predicted molar refractivity (Wildman–Crippen MR) is 99.9 cm³/mol. The fourth-order valence-electron chi connectivity index (χ4n) is 2.18. The van der Waals surface area contributed by atoms with Crippen LogP contribution in [0.1, 0.15) is 38.3 Å². The number of carbonyl (C=O) groups is 2. The Labute approximate surface area is 159 Å². The molecule has 0 atom stereocenters. The monoisotopic (exact) mass is 398 g/mol. The fourth-order valence-corrected chi connectivity index (χ4v) is 2.18. The molecule has 0 unspecified atom stereocenters. The first kappa shape index (κ1) is 22.8. The van der Waals surface area contributed by atoms with E-state index in [1.165, 1.54) is 12.1 Å². The van der Waals surface area contributed by atoms with E-state index in [0.29, 0.717) is 5.69 Å². The average Bonchev–Trinajstić information content (AvgIpc) is 2.57. The third kappa shape index (κ3) is 7.56. The van der Waals surface area contributed by atoms with Crippen LogP contribution < -0.4 is 11.1 Å². The lowest BCUT2D eigenvalue weighted by Crippen LogP contribution is -2.16. The molecule has 6 nitrogen and oxygen atoms in total. The maximum Gasteiger partial charge on any atom is 0.390 e. The molecule has 0 amide bonds. The Morgan fingerprint density at radius 1 is 0.964 bits per heavy atom. The van der Waals surface area contributed by atoms with Gasteiger partial charge in [0.25, 0.3) is 0 Å². The van der Waals surface area contributed by atoms with Gasteiger partial charge in [-0.15, -0.1) is 0 Å². The summed E-state index contributed by atoms with van der Waals surface area (Å²) in [7, 11) is 0. The zero-order valence-electron chi connectivity index (χ0n) is 15.3. The summed E-state index contributed by atoms with van der Waals surface area (Å²) in [5, 5.41) is 20.0. The lowest BCUT2D eigenvalue weighted by atomic mass is 10.1. The molecular formula is C19H21F3N2O4. The van der Waals surface area contributed by atoms with Crippen molar-refractivity contribution in [1.29, 1.82) is 0 Å². The highest BCUT2D eigenvalue weighted by molar-refractivity contribution is 5.94. The number of anilines is 2. The summed E-state index contributed by atoms with van der Waals surface area (Å²) in [4.78, 5) is 21.4. The minimum absolute atomic E-state index is 0.0211. The van der Waals surface area contributed by atoms with Gasteiger partial charge in [0, 0.05) is 17.9 Å². The Hall–Kier alpha value is -3.23. The molecule has 2 aromatic carbocycles. The molecule has 0 spiro atoms. The second-order valence-electron chi connectivity index (χ2n) is 6.04. The SMILES string of the molecule is Cc1ccc(N)c(C(=O)O)c1.Cc1ccc(NCCC(F)(F)F)c(C(=O)O)c1. The molecule has 0 saturated heterocycles. The van der Waals surface area contributed by atoms with Crippen molar-refractivity contribution in [1.82, 2.24) is 0 Å². The number of hydrogen-bond donors (Lipinski definition) is 4. The first-order valence-corrected chi connectivity index (χ1v) is 8.14. The van der Waals surface area contributed by atoms with Crippen LogP contribution in [0.25, 0.3) is 0 Å². The summed E-state index contributed by atoms with van der Waals surface area (Å²) in [6.45, 7) is 3.20. The molecule has 0 heterocycles. The van der Waals surface area contributed by atoms with E-state index in [-0.39, 0.29) is 23.4 Å². The normalized spacial score (nSPS) is 10.6. The van der Waals surface area contributed by atoms with Crippen LogP contribution in [-0.2, 0) is 0 Å². The maximum atomic E-state index is 11.9. The molecule has 28 heavy (non-hydrogen) atoms. The number of rotatable bonds is 5. The molecule has 0 saturated carbocycles. The van der Waals surface area contributed by atoms with Crippen LogP contribution in [0.4, 0.5) is 24.5 Å². The van der Waals surface area contributed by atoms with Crippen molar-refractivity contribution in [2.75, 3.05) is 17.6 Å². The summed E-state index contributed by atoms with van der Waals surface area (Å²) < 4.78 is 35.8. The van der Waals surface area contributed by atoms with E-state index in [0.717, 1.165) is 11.1 Å². The number of nitrogen functional groups attached to an aromatic ring is 1. The van der Waals surface area contributed by atoms with E-state index in [9.17, 15) is 22.8 Å². The Kier molecular flexibility index (Phi) is 7.85. The second kappa shape index (κ2) is 9.63. The van der Waals surface area contributed by atoms with Gasteiger partial charge in [0.1, 0.15) is 0 Å². The van der Waals surface area contributed by atoms with Crippen LogP contribution in [0.2, 0.25) is 0 Å². The summed E-state index contributed by atoms with van der Waals surface area (Å²) in [6, 6.07) is 9.45. The van der Waals surface area contributed by atoms with E-state index < -0.39 is 24.5 Å². The summed E-state index contributed by atoms with van der Waals surface area (Å²) in [5.74, 6) is -2.14. The van der Waals surface area contributed by atoms with E-state index in [1.807, 2.05) is 6.92 Å². The Morgan fingerprint density at radius 2 is 1.46 bits per heavy atom. The first-order chi connectivity index (χ1) is 12.9. The van der Waals surface area contributed by atoms with Crippen LogP contribution in [0, 0.1) is 13.8 Å². The highest BCUT2D eigenvalue weighted by Gasteiger charge is 2.26. The Morgan fingerprint density at radius 3 is 1.93 bits per heavy atom. The molecule has 2 rings (SSSR count). The quantitative estimate of drug-likeness (QED) is 0.558. The number of halogens is 3. The number of hydrogen-bond acceptors (Lipinski definition) is 4. The van der Waals surface area contributed by atoms with Crippen LogP contribution in [-0.4, -0.2) is 34.9 Å².